The van der Waals surface area contributed by atoms with Crippen LogP contribution in [0.5, 0.6) is 0 Å². The summed E-state index contributed by atoms with van der Waals surface area (Å²) in [5.41, 5.74) is 0. The smallest absolute Gasteiger partial charge is 0.234 e. The van der Waals surface area contributed by atoms with Crippen LogP contribution < -0.4 is 26.6 Å². The van der Waals surface area contributed by atoms with Crippen molar-refractivity contribution in [3.8, 4) is 0 Å². The van der Waals surface area contributed by atoms with Crippen LogP contribution in [0.2, 0.25) is 0 Å². The number of nitrogens with one attached hydrogen (secondary N) is 5. The number of hydrogen-bond donors (Lipinski definition) is 17. The summed E-state index contributed by atoms with van der Waals surface area (Å²) in [5.74, 6) is -1.93. The zero-order valence-electron chi connectivity index (χ0n) is 59.3. The highest BCUT2D eigenvalue weighted by Gasteiger charge is 2.46. The number of aliphatic hydroxyl groups excluding tert-OH is 12. The molecule has 0 saturated carbocycles. The molecule has 0 spiro atoms. The van der Waals surface area contributed by atoms with Gasteiger partial charge in [0.1, 0.15) is 90.6 Å². The summed E-state index contributed by atoms with van der Waals surface area (Å²) >= 11 is 0. The fourth-order valence-corrected chi connectivity index (χ4v) is 10.6. The van der Waals surface area contributed by atoms with Crippen molar-refractivity contribution in [2.45, 2.75) is 268 Å². The van der Waals surface area contributed by atoms with Gasteiger partial charge in [-0.2, -0.15) is 0 Å². The third kappa shape index (κ3) is 35.8. The van der Waals surface area contributed by atoms with Crippen molar-refractivity contribution >= 4 is 46.9 Å². The molecule has 100 heavy (non-hydrogen) atoms. The SMILES string of the molecule is CCCCCCCC(=O)CN(CC(=O)CCCO[C@@H]1O[C@@H](C)[C@@H](O)[C@@H](O)[C@@H]1O)CC(=O)CCCO[C@@H]1O[C@@H](C)[C@@H](O)[C@@H](O)[C@@H]1O.CCNC(=O)CCCCCNC(=O)CN(CC(=O)NCCO[C@@H]1O[C@@H](C)[C@@H](O)[C@@H](O)[C@@H]1O)CC(=O)NCCO[C@@H]1O[C@@H](C)[C@@H](O)[C@@H](O)[C@@H]1O.CCNC(C)=O. The Morgan fingerprint density at radius 1 is 0.320 bits per heavy atom. The van der Waals surface area contributed by atoms with Gasteiger partial charge in [0.05, 0.1) is 90.1 Å². The Balaban J connectivity index is 0.000000630. The predicted molar refractivity (Wildman–Crippen MR) is 354 cm³/mol. The number of unbranched alkanes of at least 4 members (excludes halogenated alkanes) is 6. The van der Waals surface area contributed by atoms with E-state index < -0.39 is 141 Å². The minimum atomic E-state index is -1.50. The molecule has 4 rings (SSSR count). The van der Waals surface area contributed by atoms with E-state index in [1.165, 1.54) is 25.7 Å². The topological polar surface area (TPSA) is 520 Å². The maximum Gasteiger partial charge on any atom is 0.234 e. The van der Waals surface area contributed by atoms with Crippen molar-refractivity contribution in [1.82, 2.24) is 36.4 Å². The molecule has 35 heteroatoms. The number of amides is 5. The van der Waals surface area contributed by atoms with Crippen molar-refractivity contribution in [1.29, 1.82) is 0 Å². The zero-order valence-corrected chi connectivity index (χ0v) is 59.3. The third-order valence-corrected chi connectivity index (χ3v) is 16.5. The van der Waals surface area contributed by atoms with E-state index in [1.54, 1.807) is 18.7 Å². The number of rotatable bonds is 44. The van der Waals surface area contributed by atoms with Crippen molar-refractivity contribution in [3.05, 3.63) is 0 Å². The lowest BCUT2D eigenvalue weighted by molar-refractivity contribution is -0.293. The number of aliphatic hydroxyl groups is 12. The van der Waals surface area contributed by atoms with Crippen LogP contribution >= 0.6 is 0 Å². The van der Waals surface area contributed by atoms with Crippen LogP contribution in [0.1, 0.15) is 145 Å². The first-order valence-electron chi connectivity index (χ1n) is 34.9. The summed E-state index contributed by atoms with van der Waals surface area (Å²) in [6, 6.07) is 0. The molecule has 0 aromatic carbocycles. The minimum Gasteiger partial charge on any atom is -0.388 e. The van der Waals surface area contributed by atoms with Crippen LogP contribution in [0.3, 0.4) is 0 Å². The maximum absolute atomic E-state index is 12.8. The number of ether oxygens (including phenoxy) is 8. The van der Waals surface area contributed by atoms with E-state index in [1.807, 2.05) is 13.8 Å². The summed E-state index contributed by atoms with van der Waals surface area (Å²) in [4.78, 5) is 101. The quantitative estimate of drug-likeness (QED) is 0.0254. The van der Waals surface area contributed by atoms with Gasteiger partial charge in [0, 0.05) is 65.3 Å². The van der Waals surface area contributed by atoms with E-state index in [-0.39, 0.29) is 134 Å². The monoisotopic (exact) mass is 1450 g/mol. The molecule has 4 aliphatic heterocycles. The van der Waals surface area contributed by atoms with Crippen LogP contribution in [0.4, 0.5) is 0 Å². The molecule has 0 radical (unpaired) electrons. The molecule has 4 saturated heterocycles. The summed E-state index contributed by atoms with van der Waals surface area (Å²) in [7, 11) is 0. The van der Waals surface area contributed by atoms with E-state index >= 15 is 0 Å². The van der Waals surface area contributed by atoms with Crippen LogP contribution in [-0.2, 0) is 76.3 Å². The molecule has 20 atom stereocenters. The molecule has 4 heterocycles. The van der Waals surface area contributed by atoms with Crippen LogP contribution in [0.15, 0.2) is 0 Å². The molecule has 4 aliphatic rings. The first-order valence-corrected chi connectivity index (χ1v) is 34.9. The number of carbonyl (C=O) groups is 8. The fraction of sp³-hybridized carbons (Fsp3) is 0.877. The Morgan fingerprint density at radius 3 is 0.950 bits per heavy atom. The van der Waals surface area contributed by atoms with Crippen LogP contribution in [0.25, 0.3) is 0 Å². The minimum absolute atomic E-state index is 0.0291. The number of Topliss-reactive ketones (excluding diaryl/α,β-unsaturated/α-hetero) is 3. The lowest BCUT2D eigenvalue weighted by atomic mass is 10.00. The second-order valence-corrected chi connectivity index (χ2v) is 25.4. The standard InChI is InChI=1S/C31H55NO13.C30H55N5O14.C4H9NO/c1-4-5-6-7-8-11-21(33)16-32(17-22(34)12-9-14-42-30-28(40)26(38)24(36)19(2)44-30)18-23(35)13-10-15-43-31-29(41)27(39)25(37)20(3)45-31;1-4-31-19(36)8-6-5-7-9-32-20(37)14-35(15-21(38)33-10-12-46-29-27(44)25(42)23(40)17(2)48-29)16-22(39)34-11-13-47-30-28(45)26(43)24(41)18(3)49-30;1-3-5-4(2)6/h19-20,24-31,36-41H,4-18H2,1-3H3;17-18,23-30,40-45H,4-16H2,1-3H3,(H,31,36)(H,32,37)(H,33,38)(H,34,39);3H2,1-2H3,(H,5,6)/t19-,20-,24+,25+,26+,27+,28-,29-,30+,31+;17-,18-,23+,24+,25+,26+,27-,28-,29+,30+;/m00./s1. The Bertz CT molecular complexity index is 2250. The third-order valence-electron chi connectivity index (χ3n) is 16.5. The van der Waals surface area contributed by atoms with Gasteiger partial charge < -0.3 is 126 Å². The van der Waals surface area contributed by atoms with Gasteiger partial charge >= 0.3 is 0 Å². The number of carbonyl (C=O) groups excluding carboxylic acids is 8. The van der Waals surface area contributed by atoms with Crippen molar-refractivity contribution < 1.29 is 138 Å². The molecular formula is C65H119N7O28. The first-order chi connectivity index (χ1) is 47.4. The Kier molecular flexibility index (Phi) is 46.5. The van der Waals surface area contributed by atoms with Gasteiger partial charge in [-0.1, -0.05) is 39.0 Å². The maximum atomic E-state index is 12.8. The first kappa shape index (κ1) is 91.6. The van der Waals surface area contributed by atoms with Crippen molar-refractivity contribution in [3.63, 3.8) is 0 Å². The second-order valence-electron chi connectivity index (χ2n) is 25.4. The summed E-state index contributed by atoms with van der Waals surface area (Å²) in [5, 5.41) is 132. The highest BCUT2D eigenvalue weighted by Crippen LogP contribution is 2.25. The highest BCUT2D eigenvalue weighted by molar-refractivity contribution is 5.86. The molecule has 35 nitrogen and oxygen atoms in total. The van der Waals surface area contributed by atoms with Crippen molar-refractivity contribution in [2.24, 2.45) is 0 Å². The normalized spacial score (nSPS) is 29.7. The fourth-order valence-electron chi connectivity index (χ4n) is 10.6. The molecule has 582 valence electrons. The molecule has 0 unspecified atom stereocenters. The van der Waals surface area contributed by atoms with Crippen LogP contribution in [-0.4, -0.2) is 339 Å². The van der Waals surface area contributed by atoms with Gasteiger partial charge in [0.25, 0.3) is 0 Å². The Labute approximate surface area is 585 Å². The number of ketones is 3. The van der Waals surface area contributed by atoms with Gasteiger partial charge in [0.2, 0.25) is 29.5 Å². The molecule has 0 aromatic heterocycles. The summed E-state index contributed by atoms with van der Waals surface area (Å²) in [6.45, 7) is 13.7. The van der Waals surface area contributed by atoms with E-state index in [0.717, 1.165) is 45.1 Å². The molecular weight excluding hydrogens is 1330 g/mol. The summed E-state index contributed by atoms with van der Waals surface area (Å²) in [6.07, 6.45) is -16.0. The molecule has 17 N–H and O–H groups in total. The lowest BCUT2D eigenvalue weighted by Crippen LogP contribution is -2.57. The van der Waals surface area contributed by atoms with Gasteiger partial charge in [-0.05, 0) is 73.6 Å². The van der Waals surface area contributed by atoms with E-state index in [4.69, 9.17) is 37.9 Å². The van der Waals surface area contributed by atoms with Crippen molar-refractivity contribution in [2.75, 3.05) is 98.4 Å². The molecule has 4 fully saturated rings. The Hall–Kier alpha value is -4.52. The number of nitrogens with zero attached hydrogens (tertiary/aromatic N) is 2. The van der Waals surface area contributed by atoms with Gasteiger partial charge in [0.15, 0.2) is 25.2 Å². The zero-order chi connectivity index (χ0) is 75.0. The molecule has 5 amide bonds. The molecule has 0 aromatic rings. The van der Waals surface area contributed by atoms with Gasteiger partial charge in [-0.3, -0.25) is 48.2 Å². The van der Waals surface area contributed by atoms with E-state index in [0.29, 0.717) is 38.8 Å². The van der Waals surface area contributed by atoms with E-state index in [2.05, 4.69) is 33.5 Å². The summed E-state index contributed by atoms with van der Waals surface area (Å²) < 4.78 is 43.2. The van der Waals surface area contributed by atoms with E-state index in [9.17, 15) is 99.6 Å². The number of hydrogen-bond acceptors (Lipinski definition) is 30. The predicted octanol–water partition coefficient (Wildman–Crippen LogP) is -5.23. The molecule has 0 bridgehead atoms. The second kappa shape index (κ2) is 50.8. The van der Waals surface area contributed by atoms with Gasteiger partial charge in [-0.25, -0.2) is 0 Å². The largest absolute Gasteiger partial charge is 0.388 e. The Morgan fingerprint density at radius 2 is 0.620 bits per heavy atom. The average Bonchev–Trinajstić information content (AvgIpc) is 0.850. The highest BCUT2D eigenvalue weighted by atomic mass is 16.7. The average molecular weight is 1450 g/mol. The van der Waals surface area contributed by atoms with Crippen LogP contribution in [0, 0.1) is 0 Å². The molecule has 0 aliphatic carbocycles. The van der Waals surface area contributed by atoms with Gasteiger partial charge in [-0.15, -0.1) is 0 Å². The lowest BCUT2D eigenvalue weighted by Gasteiger charge is -2.38.